The summed E-state index contributed by atoms with van der Waals surface area (Å²) < 4.78 is 11.4. The molecule has 5 atom stereocenters. The molecule has 1 aromatic carbocycles. The molecule has 1 aliphatic rings. The van der Waals surface area contributed by atoms with Crippen LogP contribution in [0, 0.1) is 0 Å². The zero-order chi connectivity index (χ0) is 45.6. The molecular weight excluding hydrogens is 795 g/mol. The maximum absolute atomic E-state index is 14.0. The van der Waals surface area contributed by atoms with E-state index in [0.29, 0.717) is 13.0 Å². The largest absolute Gasteiger partial charge is 0.445 e. The van der Waals surface area contributed by atoms with Crippen molar-refractivity contribution < 1.29 is 39.2 Å². The fraction of sp³-hybridized carbons (Fsp3) is 0.827. The first-order valence-corrected chi connectivity index (χ1v) is 26.0. The molecule has 1 heterocycles. The first-order valence-electron chi connectivity index (χ1n) is 26.0. The summed E-state index contributed by atoms with van der Waals surface area (Å²) in [5.41, 5.74) is 0.799. The van der Waals surface area contributed by atoms with E-state index in [0.717, 1.165) is 56.9 Å². The molecule has 11 nitrogen and oxygen atoms in total. The monoisotopic (exact) mass is 888 g/mol. The molecule has 5 N–H and O–H groups in total. The van der Waals surface area contributed by atoms with Crippen LogP contribution < -0.4 is 10.6 Å². The van der Waals surface area contributed by atoms with E-state index in [2.05, 4.69) is 24.5 Å². The van der Waals surface area contributed by atoms with E-state index in [-0.39, 0.29) is 12.5 Å². The van der Waals surface area contributed by atoms with Gasteiger partial charge in [-0.2, -0.15) is 0 Å². The van der Waals surface area contributed by atoms with Crippen molar-refractivity contribution in [3.05, 3.63) is 35.9 Å². The molecule has 1 saturated heterocycles. The Morgan fingerprint density at radius 2 is 1.03 bits per heavy atom. The van der Waals surface area contributed by atoms with Gasteiger partial charge >= 0.3 is 6.09 Å². The van der Waals surface area contributed by atoms with Crippen LogP contribution in [0.15, 0.2) is 30.3 Å². The van der Waals surface area contributed by atoms with E-state index < -0.39 is 55.7 Å². The third-order valence-corrected chi connectivity index (χ3v) is 12.7. The number of nitrogens with zero attached hydrogens (tertiary/aromatic N) is 1. The summed E-state index contributed by atoms with van der Waals surface area (Å²) >= 11 is 0. The molecule has 11 heteroatoms. The Morgan fingerprint density at radius 3 is 1.48 bits per heavy atom. The van der Waals surface area contributed by atoms with Gasteiger partial charge in [-0.15, -0.1) is 0 Å². The quantitative estimate of drug-likeness (QED) is 0.0408. The van der Waals surface area contributed by atoms with Gasteiger partial charge in [0.25, 0.3) is 0 Å². The Morgan fingerprint density at radius 1 is 0.603 bits per heavy atom. The van der Waals surface area contributed by atoms with Crippen LogP contribution in [0.25, 0.3) is 0 Å². The highest BCUT2D eigenvalue weighted by molar-refractivity contribution is 5.82. The predicted octanol–water partition coefficient (Wildman–Crippen LogP) is 11.2. The summed E-state index contributed by atoms with van der Waals surface area (Å²) in [6.07, 6.45) is 32.4. The summed E-state index contributed by atoms with van der Waals surface area (Å²) in [6, 6.07) is 7.99. The van der Waals surface area contributed by atoms with Crippen molar-refractivity contribution in [1.82, 2.24) is 15.5 Å². The van der Waals surface area contributed by atoms with Crippen molar-refractivity contribution in [2.75, 3.05) is 19.7 Å². The van der Waals surface area contributed by atoms with Crippen molar-refractivity contribution in [3.63, 3.8) is 0 Å². The van der Waals surface area contributed by atoms with Crippen molar-refractivity contribution >= 4 is 17.9 Å². The standard InChI is InChI=1S/C52H93N3O8/c1-3-5-7-9-11-13-15-17-19-21-23-25-27-29-31-36-40-55(47(58)39-35-30-28-26-24-22-20-18-16-14-12-10-8-6-4-2)51-48(50(60)49(59)45(42-56)63-51)54-46(57)41-53-52(61)62-43-44-37-33-32-34-38-44/h32-34,37-38,45,48-51,56,59-60H,3-31,35-36,39-43H2,1-2H3,(H,53,61)(H,54,57)/t45-,48-,49-,50-,51-/m1/s1. The number of unbranched alkanes of at least 4 members (excludes halogenated alkanes) is 29. The van der Waals surface area contributed by atoms with E-state index in [1.807, 2.05) is 30.3 Å². The number of hydrogen-bond donors (Lipinski definition) is 5. The van der Waals surface area contributed by atoms with Crippen LogP contribution in [0.3, 0.4) is 0 Å². The lowest BCUT2D eigenvalue weighted by molar-refractivity contribution is -0.231. The maximum Gasteiger partial charge on any atom is 0.407 e. The highest BCUT2D eigenvalue weighted by Gasteiger charge is 2.48. The van der Waals surface area contributed by atoms with Crippen molar-refractivity contribution in [3.8, 4) is 0 Å². The number of benzene rings is 1. The average Bonchev–Trinajstić information content (AvgIpc) is 3.29. The van der Waals surface area contributed by atoms with E-state index in [1.54, 1.807) is 4.90 Å². The van der Waals surface area contributed by atoms with Crippen LogP contribution >= 0.6 is 0 Å². The lowest BCUT2D eigenvalue weighted by Crippen LogP contribution is -2.69. The SMILES string of the molecule is CCCCCCCCCCCCCCCCCCN(C(=O)CCCCCCCCCCCCCCCCC)[C@@H]1O[C@H](CO)[C@@H](O)[C@H](O)[C@H]1NC(=O)CNC(=O)OCc1ccccc1. The number of amides is 3. The first-order chi connectivity index (χ1) is 30.8. The molecule has 0 spiro atoms. The molecule has 0 bridgehead atoms. The van der Waals surface area contributed by atoms with Crippen molar-refractivity contribution in [2.24, 2.45) is 0 Å². The minimum absolute atomic E-state index is 0.0378. The van der Waals surface area contributed by atoms with Crippen molar-refractivity contribution in [2.45, 2.75) is 257 Å². The fourth-order valence-corrected chi connectivity index (χ4v) is 8.70. The molecule has 0 saturated carbocycles. The number of carbonyl (C=O) groups is 3. The summed E-state index contributed by atoms with van der Waals surface area (Å²) in [5.74, 6) is -0.783. The summed E-state index contributed by atoms with van der Waals surface area (Å²) in [6.45, 7) is 3.91. The Kier molecular flexibility index (Phi) is 34.5. The third kappa shape index (κ3) is 27.4. The molecule has 0 unspecified atom stereocenters. The van der Waals surface area contributed by atoms with Crippen LogP contribution in [0.5, 0.6) is 0 Å². The van der Waals surface area contributed by atoms with Crippen LogP contribution in [0.1, 0.15) is 225 Å². The molecule has 2 rings (SSSR count). The van der Waals surface area contributed by atoms with E-state index >= 15 is 0 Å². The van der Waals surface area contributed by atoms with Gasteiger partial charge in [-0.3, -0.25) is 9.59 Å². The lowest BCUT2D eigenvalue weighted by atomic mass is 9.94. The third-order valence-electron chi connectivity index (χ3n) is 12.7. The van der Waals surface area contributed by atoms with E-state index in [4.69, 9.17) is 9.47 Å². The second-order valence-corrected chi connectivity index (χ2v) is 18.3. The molecule has 0 aromatic heterocycles. The first kappa shape index (κ1) is 56.4. The normalized spacial score (nSPS) is 18.6. The number of aliphatic hydroxyl groups excluding tert-OH is 3. The van der Waals surface area contributed by atoms with Crippen LogP contribution in [0.2, 0.25) is 0 Å². The number of aliphatic hydroxyl groups is 3. The van der Waals surface area contributed by atoms with Gasteiger partial charge in [-0.05, 0) is 18.4 Å². The summed E-state index contributed by atoms with van der Waals surface area (Å²) in [5, 5.41) is 37.4. The van der Waals surface area contributed by atoms with Crippen LogP contribution in [0.4, 0.5) is 4.79 Å². The smallest absolute Gasteiger partial charge is 0.407 e. The number of nitrogens with one attached hydrogen (secondary N) is 2. The fourth-order valence-electron chi connectivity index (χ4n) is 8.70. The van der Waals surface area contributed by atoms with Gasteiger partial charge < -0.3 is 40.3 Å². The molecule has 1 fully saturated rings. The van der Waals surface area contributed by atoms with Gasteiger partial charge in [0.1, 0.15) is 37.5 Å². The molecule has 364 valence electrons. The van der Waals surface area contributed by atoms with Gasteiger partial charge in [-0.1, -0.05) is 230 Å². The molecule has 3 amide bonds. The number of alkyl carbamates (subject to hydrolysis) is 1. The van der Waals surface area contributed by atoms with Gasteiger partial charge in [-0.25, -0.2) is 4.79 Å². The van der Waals surface area contributed by atoms with Gasteiger partial charge in [0.15, 0.2) is 6.23 Å². The highest BCUT2D eigenvalue weighted by atomic mass is 16.6. The molecule has 63 heavy (non-hydrogen) atoms. The molecule has 1 aliphatic heterocycles. The zero-order valence-electron chi connectivity index (χ0n) is 40.1. The minimum atomic E-state index is -1.53. The van der Waals surface area contributed by atoms with E-state index in [9.17, 15) is 29.7 Å². The van der Waals surface area contributed by atoms with Gasteiger partial charge in [0.2, 0.25) is 11.8 Å². The Hall–Kier alpha value is -2.73. The molecule has 1 aromatic rings. The number of ether oxygens (including phenoxy) is 2. The topological polar surface area (TPSA) is 158 Å². The minimum Gasteiger partial charge on any atom is -0.445 e. The van der Waals surface area contributed by atoms with E-state index in [1.165, 1.54) is 148 Å². The van der Waals surface area contributed by atoms with Crippen molar-refractivity contribution in [1.29, 1.82) is 0 Å². The number of hydrogen-bond acceptors (Lipinski definition) is 8. The van der Waals surface area contributed by atoms with Crippen LogP contribution in [-0.4, -0.2) is 88.4 Å². The van der Waals surface area contributed by atoms with Gasteiger partial charge in [0, 0.05) is 13.0 Å². The summed E-state index contributed by atoms with van der Waals surface area (Å²) in [7, 11) is 0. The molecular formula is C52H93N3O8. The second-order valence-electron chi connectivity index (χ2n) is 18.3. The van der Waals surface area contributed by atoms with Gasteiger partial charge in [0.05, 0.1) is 6.61 Å². The Balaban J connectivity index is 1.88. The zero-order valence-corrected chi connectivity index (χ0v) is 40.1. The van der Waals surface area contributed by atoms with Crippen LogP contribution in [-0.2, 0) is 25.7 Å². The number of carbonyl (C=O) groups excluding carboxylic acids is 3. The average molecular weight is 888 g/mol. The Labute approximate surface area is 383 Å². The Bertz CT molecular complexity index is 1260. The number of rotatable bonds is 40. The lowest BCUT2D eigenvalue weighted by Gasteiger charge is -2.47. The molecule has 0 aliphatic carbocycles. The molecule has 0 radical (unpaired) electrons. The summed E-state index contributed by atoms with van der Waals surface area (Å²) in [4.78, 5) is 41.2. The predicted molar refractivity (Wildman–Crippen MR) is 255 cm³/mol. The second kappa shape index (κ2) is 38.5. The highest BCUT2D eigenvalue weighted by Crippen LogP contribution is 2.26. The maximum atomic E-state index is 14.0.